The first-order valence-corrected chi connectivity index (χ1v) is 6.70. The van der Waals surface area contributed by atoms with Gasteiger partial charge in [0.1, 0.15) is 5.69 Å². The van der Waals surface area contributed by atoms with Crippen LogP contribution in [0, 0.1) is 0 Å². The molecule has 0 saturated heterocycles. The molecule has 6 heteroatoms. The first-order chi connectivity index (χ1) is 8.76. The average Bonchev–Trinajstić information content (AvgIpc) is 2.85. The fraction of sp³-hybridized carbons (Fsp3) is 0.417. The molecule has 5 nitrogen and oxygen atoms in total. The molecule has 0 fully saturated rings. The van der Waals surface area contributed by atoms with Crippen molar-refractivity contribution in [2.24, 2.45) is 5.73 Å². The molecule has 1 atom stereocenters. The van der Waals surface area contributed by atoms with Gasteiger partial charge in [-0.3, -0.25) is 4.98 Å². The Balaban J connectivity index is 2.28. The highest BCUT2D eigenvalue weighted by Gasteiger charge is 2.18. The van der Waals surface area contributed by atoms with E-state index in [1.807, 2.05) is 12.1 Å². The van der Waals surface area contributed by atoms with Crippen LogP contribution in [-0.2, 0) is 0 Å². The van der Waals surface area contributed by atoms with Gasteiger partial charge in [-0.15, -0.1) is 0 Å². The topological polar surface area (TPSA) is 77.8 Å². The summed E-state index contributed by atoms with van der Waals surface area (Å²) in [5, 5.41) is 3.96. The maximum Gasteiger partial charge on any atom is 0.231 e. The van der Waals surface area contributed by atoms with Gasteiger partial charge in [-0.25, -0.2) is 0 Å². The molecule has 96 valence electrons. The molecular formula is C12H15BrN4O. The van der Waals surface area contributed by atoms with Gasteiger partial charge in [0.2, 0.25) is 11.7 Å². The van der Waals surface area contributed by atoms with Gasteiger partial charge in [0.05, 0.1) is 5.92 Å². The number of rotatable bonds is 5. The van der Waals surface area contributed by atoms with Gasteiger partial charge in [0.25, 0.3) is 0 Å². The molecule has 0 aliphatic heterocycles. The number of nitrogens with two attached hydrogens (primary N) is 1. The van der Waals surface area contributed by atoms with E-state index in [1.165, 1.54) is 0 Å². The Morgan fingerprint density at radius 2 is 2.33 bits per heavy atom. The monoisotopic (exact) mass is 310 g/mol. The molecule has 0 saturated carbocycles. The smallest absolute Gasteiger partial charge is 0.231 e. The summed E-state index contributed by atoms with van der Waals surface area (Å²) in [7, 11) is 0. The highest BCUT2D eigenvalue weighted by Crippen LogP contribution is 2.25. The van der Waals surface area contributed by atoms with Crippen molar-refractivity contribution in [2.75, 3.05) is 6.54 Å². The van der Waals surface area contributed by atoms with Crippen LogP contribution in [-0.4, -0.2) is 21.7 Å². The van der Waals surface area contributed by atoms with E-state index in [0.29, 0.717) is 24.0 Å². The van der Waals surface area contributed by atoms with E-state index in [1.54, 1.807) is 6.20 Å². The minimum absolute atomic E-state index is 0.124. The third-order valence-electron chi connectivity index (χ3n) is 2.68. The zero-order chi connectivity index (χ0) is 13.0. The van der Waals surface area contributed by atoms with Crippen molar-refractivity contribution in [3.8, 4) is 11.5 Å². The SMILES string of the molecule is CCCC(CN)c1nc(-c2ncccc2Br)no1. The Labute approximate surface area is 114 Å². The number of aromatic nitrogens is 3. The summed E-state index contributed by atoms with van der Waals surface area (Å²) in [6.45, 7) is 2.62. The molecular weight excluding hydrogens is 296 g/mol. The second kappa shape index (κ2) is 6.06. The predicted octanol–water partition coefficient (Wildman–Crippen LogP) is 2.74. The lowest BCUT2D eigenvalue weighted by Crippen LogP contribution is -2.12. The quantitative estimate of drug-likeness (QED) is 0.918. The first-order valence-electron chi connectivity index (χ1n) is 5.90. The molecule has 0 aromatic carbocycles. The average molecular weight is 311 g/mol. The zero-order valence-corrected chi connectivity index (χ0v) is 11.7. The number of pyridine rings is 1. The Kier molecular flexibility index (Phi) is 4.43. The van der Waals surface area contributed by atoms with E-state index < -0.39 is 0 Å². The van der Waals surface area contributed by atoms with Crippen LogP contribution in [0.1, 0.15) is 31.6 Å². The van der Waals surface area contributed by atoms with Gasteiger partial charge < -0.3 is 10.3 Å². The van der Waals surface area contributed by atoms with Gasteiger partial charge >= 0.3 is 0 Å². The lowest BCUT2D eigenvalue weighted by molar-refractivity contribution is 0.347. The van der Waals surface area contributed by atoms with E-state index in [0.717, 1.165) is 17.3 Å². The minimum Gasteiger partial charge on any atom is -0.339 e. The summed E-state index contributed by atoms with van der Waals surface area (Å²) in [4.78, 5) is 8.61. The van der Waals surface area contributed by atoms with E-state index in [9.17, 15) is 0 Å². The Bertz CT molecular complexity index is 514. The van der Waals surface area contributed by atoms with E-state index in [2.05, 4.69) is 38.0 Å². The second-order valence-electron chi connectivity index (χ2n) is 4.01. The normalized spacial score (nSPS) is 12.6. The fourth-order valence-electron chi connectivity index (χ4n) is 1.74. The number of hydrogen-bond acceptors (Lipinski definition) is 5. The molecule has 0 aliphatic rings. The second-order valence-corrected chi connectivity index (χ2v) is 4.87. The Morgan fingerprint density at radius 1 is 1.50 bits per heavy atom. The minimum atomic E-state index is 0.124. The molecule has 2 N–H and O–H groups in total. The third-order valence-corrected chi connectivity index (χ3v) is 3.32. The molecule has 2 heterocycles. The van der Waals surface area contributed by atoms with Gasteiger partial charge in [0, 0.05) is 17.2 Å². The zero-order valence-electron chi connectivity index (χ0n) is 10.1. The van der Waals surface area contributed by atoms with Crippen molar-refractivity contribution >= 4 is 15.9 Å². The number of hydrogen-bond donors (Lipinski definition) is 1. The van der Waals surface area contributed by atoms with Crippen LogP contribution in [0.3, 0.4) is 0 Å². The van der Waals surface area contributed by atoms with E-state index >= 15 is 0 Å². The van der Waals surface area contributed by atoms with Crippen molar-refractivity contribution < 1.29 is 4.52 Å². The summed E-state index contributed by atoms with van der Waals surface area (Å²) < 4.78 is 6.12. The summed E-state index contributed by atoms with van der Waals surface area (Å²) in [6.07, 6.45) is 3.68. The van der Waals surface area contributed by atoms with Crippen LogP contribution in [0.4, 0.5) is 0 Å². The van der Waals surface area contributed by atoms with Crippen molar-refractivity contribution in [1.82, 2.24) is 15.1 Å². The van der Waals surface area contributed by atoms with E-state index in [-0.39, 0.29) is 5.92 Å². The number of halogens is 1. The fourth-order valence-corrected chi connectivity index (χ4v) is 2.17. The van der Waals surface area contributed by atoms with E-state index in [4.69, 9.17) is 10.3 Å². The third kappa shape index (κ3) is 2.76. The maximum atomic E-state index is 5.72. The molecule has 0 radical (unpaired) electrons. The maximum absolute atomic E-state index is 5.72. The van der Waals surface area contributed by atoms with Crippen LogP contribution in [0.5, 0.6) is 0 Å². The van der Waals surface area contributed by atoms with Gasteiger partial charge in [-0.2, -0.15) is 4.98 Å². The van der Waals surface area contributed by atoms with Gasteiger partial charge in [0.15, 0.2) is 0 Å². The molecule has 1 unspecified atom stereocenters. The van der Waals surface area contributed by atoms with Crippen LogP contribution in [0.25, 0.3) is 11.5 Å². The molecule has 2 rings (SSSR count). The largest absolute Gasteiger partial charge is 0.339 e. The van der Waals surface area contributed by atoms with Crippen molar-refractivity contribution in [3.05, 3.63) is 28.7 Å². The molecule has 0 bridgehead atoms. The standard InChI is InChI=1S/C12H15BrN4O/c1-2-4-8(7-14)12-16-11(17-18-12)10-9(13)5-3-6-15-10/h3,5-6,8H,2,4,7,14H2,1H3. The molecule has 18 heavy (non-hydrogen) atoms. The lowest BCUT2D eigenvalue weighted by Gasteiger charge is -2.06. The lowest BCUT2D eigenvalue weighted by atomic mass is 10.0. The van der Waals surface area contributed by atoms with Crippen LogP contribution in [0.2, 0.25) is 0 Å². The molecule has 0 aliphatic carbocycles. The highest BCUT2D eigenvalue weighted by molar-refractivity contribution is 9.10. The first kappa shape index (κ1) is 13.2. The summed E-state index contributed by atoms with van der Waals surface area (Å²) in [5.41, 5.74) is 6.40. The van der Waals surface area contributed by atoms with Gasteiger partial charge in [-0.05, 0) is 34.5 Å². The van der Waals surface area contributed by atoms with Gasteiger partial charge in [-0.1, -0.05) is 18.5 Å². The summed E-state index contributed by atoms with van der Waals surface area (Å²) in [5.74, 6) is 1.21. The predicted molar refractivity (Wildman–Crippen MR) is 71.9 cm³/mol. The summed E-state index contributed by atoms with van der Waals surface area (Å²) >= 11 is 3.42. The molecule has 2 aromatic rings. The van der Waals surface area contributed by atoms with Crippen LogP contribution >= 0.6 is 15.9 Å². The number of nitrogens with zero attached hydrogens (tertiary/aromatic N) is 3. The Morgan fingerprint density at radius 3 is 3.00 bits per heavy atom. The molecule has 2 aromatic heterocycles. The van der Waals surface area contributed by atoms with Crippen molar-refractivity contribution in [1.29, 1.82) is 0 Å². The summed E-state index contributed by atoms with van der Waals surface area (Å²) in [6, 6.07) is 3.74. The van der Waals surface area contributed by atoms with Crippen molar-refractivity contribution in [3.63, 3.8) is 0 Å². The van der Waals surface area contributed by atoms with Crippen LogP contribution < -0.4 is 5.73 Å². The Hall–Kier alpha value is -1.27. The molecule has 0 spiro atoms. The van der Waals surface area contributed by atoms with Crippen LogP contribution in [0.15, 0.2) is 27.3 Å². The highest BCUT2D eigenvalue weighted by atomic mass is 79.9. The molecule has 0 amide bonds. The van der Waals surface area contributed by atoms with Crippen molar-refractivity contribution in [2.45, 2.75) is 25.7 Å².